The van der Waals surface area contributed by atoms with E-state index in [2.05, 4.69) is 26.3 Å². The van der Waals surface area contributed by atoms with E-state index in [1.54, 1.807) is 13.0 Å². The topological polar surface area (TPSA) is 70.8 Å². The lowest BCUT2D eigenvalue weighted by molar-refractivity contribution is -0.120. The van der Waals surface area contributed by atoms with Crippen LogP contribution in [0.3, 0.4) is 0 Å². The quantitative estimate of drug-likeness (QED) is 0.856. The van der Waals surface area contributed by atoms with Crippen LogP contribution in [-0.4, -0.2) is 54.8 Å². The molecule has 0 bridgehead atoms. The van der Waals surface area contributed by atoms with Gasteiger partial charge in [0.1, 0.15) is 11.5 Å². The number of aryl methyl sites for hydroxylation is 1. The molecule has 7 heteroatoms. The number of para-hydroxylation sites is 2. The lowest BCUT2D eigenvalue weighted by Gasteiger charge is -2.38. The van der Waals surface area contributed by atoms with E-state index in [0.29, 0.717) is 18.2 Å². The Bertz CT molecular complexity index is 738. The van der Waals surface area contributed by atoms with Gasteiger partial charge in [0.15, 0.2) is 5.82 Å². The molecule has 0 aliphatic carbocycles. The van der Waals surface area contributed by atoms with Gasteiger partial charge in [-0.2, -0.15) is 0 Å². The highest BCUT2D eigenvalue weighted by Crippen LogP contribution is 2.29. The minimum atomic E-state index is -0.226. The number of ether oxygens (including phenoxy) is 1. The van der Waals surface area contributed by atoms with Crippen LogP contribution < -0.4 is 15.0 Å². The summed E-state index contributed by atoms with van der Waals surface area (Å²) in [7, 11) is 0. The molecule has 1 aromatic carbocycles. The van der Waals surface area contributed by atoms with Gasteiger partial charge >= 0.3 is 0 Å². The molecule has 0 spiro atoms. The van der Waals surface area contributed by atoms with E-state index >= 15 is 0 Å². The standard InChI is InChI=1S/C19H26N4O3/c1-4-25-17-8-6-5-7-16(17)23-11-9-22(10-12-23)15(3)19(24)20-18-13-14(2)26-21-18/h5-8,13,15H,4,9-12H2,1-3H3,(H,20,21,24)/t15-/m1/s1. The van der Waals surface area contributed by atoms with Crippen LogP contribution in [0.25, 0.3) is 0 Å². The number of aromatic nitrogens is 1. The molecule has 1 fully saturated rings. The minimum Gasteiger partial charge on any atom is -0.492 e. The lowest BCUT2D eigenvalue weighted by Crippen LogP contribution is -2.52. The molecule has 0 radical (unpaired) electrons. The highest BCUT2D eigenvalue weighted by atomic mass is 16.5. The molecule has 2 aromatic rings. The zero-order valence-corrected chi connectivity index (χ0v) is 15.6. The summed E-state index contributed by atoms with van der Waals surface area (Å²) in [5.74, 6) is 1.98. The Hall–Kier alpha value is -2.54. The maximum absolute atomic E-state index is 12.4. The van der Waals surface area contributed by atoms with Crippen molar-refractivity contribution in [2.45, 2.75) is 26.8 Å². The molecule has 1 atom stereocenters. The number of hydrogen-bond donors (Lipinski definition) is 1. The fraction of sp³-hybridized carbons (Fsp3) is 0.474. The van der Waals surface area contributed by atoms with Crippen molar-refractivity contribution in [3.05, 3.63) is 36.1 Å². The van der Waals surface area contributed by atoms with Crippen LogP contribution in [0.5, 0.6) is 5.75 Å². The molecule has 0 saturated carbocycles. The SMILES string of the molecule is CCOc1ccccc1N1CCN([C@H](C)C(=O)Nc2cc(C)on2)CC1. The van der Waals surface area contributed by atoms with Gasteiger partial charge in [0, 0.05) is 32.2 Å². The number of anilines is 2. The number of hydrogen-bond acceptors (Lipinski definition) is 6. The van der Waals surface area contributed by atoms with E-state index in [-0.39, 0.29) is 11.9 Å². The first kappa shape index (κ1) is 18.3. The molecule has 3 rings (SSSR count). The van der Waals surface area contributed by atoms with Crippen LogP contribution >= 0.6 is 0 Å². The monoisotopic (exact) mass is 358 g/mol. The third kappa shape index (κ3) is 4.16. The van der Waals surface area contributed by atoms with Gasteiger partial charge in [0.25, 0.3) is 0 Å². The number of nitrogens with zero attached hydrogens (tertiary/aromatic N) is 3. The van der Waals surface area contributed by atoms with Crippen LogP contribution in [0.4, 0.5) is 11.5 Å². The Morgan fingerprint density at radius 3 is 2.69 bits per heavy atom. The van der Waals surface area contributed by atoms with Gasteiger partial charge in [-0.3, -0.25) is 9.69 Å². The lowest BCUT2D eigenvalue weighted by atomic mass is 10.2. The molecule has 7 nitrogen and oxygen atoms in total. The molecule has 1 saturated heterocycles. The number of carbonyl (C=O) groups is 1. The smallest absolute Gasteiger partial charge is 0.242 e. The molecule has 1 N–H and O–H groups in total. The van der Waals surface area contributed by atoms with E-state index in [9.17, 15) is 4.79 Å². The first-order valence-electron chi connectivity index (χ1n) is 9.03. The number of amides is 1. The number of piperazine rings is 1. The average Bonchev–Trinajstić information content (AvgIpc) is 3.07. The van der Waals surface area contributed by atoms with E-state index in [0.717, 1.165) is 37.6 Å². The van der Waals surface area contributed by atoms with E-state index in [1.165, 1.54) is 0 Å². The molecule has 1 aliphatic heterocycles. The van der Waals surface area contributed by atoms with Gasteiger partial charge in [-0.1, -0.05) is 17.3 Å². The predicted molar refractivity (Wildman–Crippen MR) is 101 cm³/mol. The Morgan fingerprint density at radius 2 is 2.04 bits per heavy atom. The summed E-state index contributed by atoms with van der Waals surface area (Å²) in [6.07, 6.45) is 0. The van der Waals surface area contributed by atoms with Crippen LogP contribution in [0.2, 0.25) is 0 Å². The van der Waals surface area contributed by atoms with E-state index in [1.807, 2.05) is 32.0 Å². The Morgan fingerprint density at radius 1 is 1.31 bits per heavy atom. The maximum Gasteiger partial charge on any atom is 0.242 e. The summed E-state index contributed by atoms with van der Waals surface area (Å²) in [4.78, 5) is 16.9. The fourth-order valence-corrected chi connectivity index (χ4v) is 3.17. The van der Waals surface area contributed by atoms with E-state index in [4.69, 9.17) is 9.26 Å². The van der Waals surface area contributed by atoms with Crippen molar-refractivity contribution in [2.24, 2.45) is 0 Å². The number of benzene rings is 1. The third-order valence-electron chi connectivity index (χ3n) is 4.63. The molecule has 2 heterocycles. The molecule has 1 aliphatic rings. The van der Waals surface area contributed by atoms with Gasteiger partial charge in [-0.15, -0.1) is 0 Å². The third-order valence-corrected chi connectivity index (χ3v) is 4.63. The summed E-state index contributed by atoms with van der Waals surface area (Å²) in [6, 6.07) is 9.59. The first-order valence-corrected chi connectivity index (χ1v) is 9.03. The first-order chi connectivity index (χ1) is 12.6. The van der Waals surface area contributed by atoms with Gasteiger partial charge in [-0.05, 0) is 32.9 Å². The molecular weight excluding hydrogens is 332 g/mol. The molecule has 26 heavy (non-hydrogen) atoms. The summed E-state index contributed by atoms with van der Waals surface area (Å²) in [5, 5.41) is 6.62. The van der Waals surface area contributed by atoms with Crippen LogP contribution in [0.15, 0.2) is 34.9 Å². The normalized spacial score (nSPS) is 16.3. The van der Waals surface area contributed by atoms with Crippen molar-refractivity contribution >= 4 is 17.4 Å². The number of rotatable bonds is 6. The molecule has 140 valence electrons. The Kier molecular flexibility index (Phi) is 5.78. The highest BCUT2D eigenvalue weighted by Gasteiger charge is 2.27. The van der Waals surface area contributed by atoms with E-state index < -0.39 is 0 Å². The van der Waals surface area contributed by atoms with Crippen LogP contribution in [-0.2, 0) is 4.79 Å². The zero-order chi connectivity index (χ0) is 18.5. The molecule has 1 amide bonds. The second-order valence-corrected chi connectivity index (χ2v) is 6.41. The molecule has 0 unspecified atom stereocenters. The average molecular weight is 358 g/mol. The summed E-state index contributed by atoms with van der Waals surface area (Å²) in [6.45, 7) is 9.69. The second kappa shape index (κ2) is 8.23. The fourth-order valence-electron chi connectivity index (χ4n) is 3.17. The van der Waals surface area contributed by atoms with Crippen molar-refractivity contribution in [1.82, 2.24) is 10.1 Å². The van der Waals surface area contributed by atoms with Crippen LogP contribution in [0.1, 0.15) is 19.6 Å². The summed E-state index contributed by atoms with van der Waals surface area (Å²) >= 11 is 0. The van der Waals surface area contributed by atoms with Crippen molar-refractivity contribution in [1.29, 1.82) is 0 Å². The van der Waals surface area contributed by atoms with Crippen molar-refractivity contribution < 1.29 is 14.1 Å². The van der Waals surface area contributed by atoms with Crippen molar-refractivity contribution in [2.75, 3.05) is 43.0 Å². The molecular formula is C19H26N4O3. The highest BCUT2D eigenvalue weighted by molar-refractivity contribution is 5.93. The second-order valence-electron chi connectivity index (χ2n) is 6.41. The van der Waals surface area contributed by atoms with Gasteiger partial charge in [-0.25, -0.2) is 0 Å². The molecule has 1 aromatic heterocycles. The minimum absolute atomic E-state index is 0.0681. The predicted octanol–water partition coefficient (Wildman–Crippen LogP) is 2.53. The van der Waals surface area contributed by atoms with Crippen LogP contribution in [0, 0.1) is 6.92 Å². The maximum atomic E-state index is 12.4. The number of nitrogens with one attached hydrogen (secondary N) is 1. The number of carbonyl (C=O) groups excluding carboxylic acids is 1. The largest absolute Gasteiger partial charge is 0.492 e. The zero-order valence-electron chi connectivity index (χ0n) is 15.6. The Balaban J connectivity index is 1.57. The van der Waals surface area contributed by atoms with Gasteiger partial charge < -0.3 is 19.5 Å². The Labute approximate surface area is 153 Å². The van der Waals surface area contributed by atoms with Gasteiger partial charge in [0.05, 0.1) is 18.3 Å². The van der Waals surface area contributed by atoms with Crippen molar-refractivity contribution in [3.8, 4) is 5.75 Å². The summed E-state index contributed by atoms with van der Waals surface area (Å²) < 4.78 is 10.7. The van der Waals surface area contributed by atoms with Gasteiger partial charge in [0.2, 0.25) is 5.91 Å². The van der Waals surface area contributed by atoms with Crippen molar-refractivity contribution in [3.63, 3.8) is 0 Å². The summed E-state index contributed by atoms with van der Waals surface area (Å²) in [5.41, 5.74) is 1.11.